The van der Waals surface area contributed by atoms with E-state index in [0.29, 0.717) is 42.2 Å². The number of amides is 2. The maximum Gasteiger partial charge on any atom is 0.263 e. The largest absolute Gasteiger partial charge is 0.380 e. The summed E-state index contributed by atoms with van der Waals surface area (Å²) >= 11 is 1.09. The fourth-order valence-electron chi connectivity index (χ4n) is 4.09. The quantitative estimate of drug-likeness (QED) is 0.426. The Morgan fingerprint density at radius 2 is 1.97 bits per heavy atom. The second kappa shape index (κ2) is 10.8. The van der Waals surface area contributed by atoms with Crippen molar-refractivity contribution in [3.8, 4) is 0 Å². The lowest BCUT2D eigenvalue weighted by Crippen LogP contribution is -2.40. The van der Waals surface area contributed by atoms with E-state index < -0.39 is 39.0 Å². The second-order valence-corrected chi connectivity index (χ2v) is 11.2. The molecule has 0 N–H and O–H groups in total. The minimum Gasteiger partial charge on any atom is -0.380 e. The topological polar surface area (TPSA) is 98.0 Å². The maximum absolute atomic E-state index is 13.7. The van der Waals surface area contributed by atoms with Crippen LogP contribution in [0, 0.1) is 5.82 Å². The molecule has 4 rings (SSSR count). The molecule has 2 aromatic carbocycles. The first-order valence-corrected chi connectivity index (χ1v) is 13.9. The summed E-state index contributed by atoms with van der Waals surface area (Å²) in [4.78, 5) is 31.2. The first kappa shape index (κ1) is 25.2. The van der Waals surface area contributed by atoms with Gasteiger partial charge in [-0.2, -0.15) is 4.99 Å². The van der Waals surface area contributed by atoms with Crippen LogP contribution in [0.15, 0.2) is 47.5 Å². The maximum atomic E-state index is 13.7. The minimum atomic E-state index is -4.05. The number of benzene rings is 2. The monoisotopic (exact) mass is 519 g/mol. The summed E-state index contributed by atoms with van der Waals surface area (Å²) in [6.45, 7) is 3.52. The smallest absolute Gasteiger partial charge is 0.263 e. The molecule has 2 heterocycles. The van der Waals surface area contributed by atoms with Crippen molar-refractivity contribution in [1.29, 1.82) is 0 Å². The van der Waals surface area contributed by atoms with Gasteiger partial charge in [0.05, 0.1) is 16.8 Å². The van der Waals surface area contributed by atoms with Crippen molar-refractivity contribution in [2.24, 2.45) is 4.99 Å². The lowest BCUT2D eigenvalue weighted by Gasteiger charge is -2.29. The molecule has 0 radical (unpaired) electrons. The molecule has 1 aliphatic heterocycles. The van der Waals surface area contributed by atoms with Crippen molar-refractivity contribution >= 4 is 48.9 Å². The lowest BCUT2D eigenvalue weighted by molar-refractivity contribution is -0.116. The summed E-state index contributed by atoms with van der Waals surface area (Å²) < 4.78 is 46.8. The molecule has 0 saturated carbocycles. The Balaban J connectivity index is 1.53. The number of para-hydroxylation sites is 1. The van der Waals surface area contributed by atoms with E-state index >= 15 is 0 Å². The van der Waals surface area contributed by atoms with Crippen LogP contribution < -0.4 is 9.70 Å². The van der Waals surface area contributed by atoms with Gasteiger partial charge in [0.15, 0.2) is 14.6 Å². The highest BCUT2D eigenvalue weighted by Gasteiger charge is 2.28. The van der Waals surface area contributed by atoms with E-state index in [9.17, 15) is 22.4 Å². The highest BCUT2D eigenvalue weighted by Crippen LogP contribution is 2.27. The van der Waals surface area contributed by atoms with Gasteiger partial charge in [-0.15, -0.1) is 0 Å². The van der Waals surface area contributed by atoms with Crippen LogP contribution in [0.1, 0.15) is 18.9 Å². The molecule has 186 valence electrons. The Morgan fingerprint density at radius 1 is 1.17 bits per heavy atom. The van der Waals surface area contributed by atoms with Gasteiger partial charge in [-0.1, -0.05) is 29.5 Å². The number of carbonyl (C=O) groups is 2. The molecule has 0 fully saturated rings. The van der Waals surface area contributed by atoms with Crippen molar-refractivity contribution in [2.45, 2.75) is 26.3 Å². The van der Waals surface area contributed by atoms with Crippen molar-refractivity contribution in [3.63, 3.8) is 0 Å². The number of halogens is 1. The number of rotatable bonds is 8. The number of hydrogen-bond acceptors (Lipinski definition) is 6. The first-order chi connectivity index (χ1) is 16.8. The summed E-state index contributed by atoms with van der Waals surface area (Å²) in [5.41, 5.74) is 2.38. The van der Waals surface area contributed by atoms with E-state index in [1.54, 1.807) is 22.8 Å². The van der Waals surface area contributed by atoms with Gasteiger partial charge >= 0.3 is 0 Å². The Morgan fingerprint density at radius 3 is 2.77 bits per heavy atom. The molecular weight excluding hydrogens is 493 g/mol. The molecule has 0 spiro atoms. The van der Waals surface area contributed by atoms with Gasteiger partial charge in [0.25, 0.3) is 5.91 Å². The molecule has 0 aliphatic carbocycles. The van der Waals surface area contributed by atoms with Crippen molar-refractivity contribution < 1.29 is 27.1 Å². The van der Waals surface area contributed by atoms with Gasteiger partial charge in [0.2, 0.25) is 5.91 Å². The van der Waals surface area contributed by atoms with E-state index in [4.69, 9.17) is 4.74 Å². The number of nitrogens with zero attached hydrogens (tertiary/aromatic N) is 3. The van der Waals surface area contributed by atoms with Crippen LogP contribution in [0.25, 0.3) is 10.2 Å². The van der Waals surface area contributed by atoms with Crippen LogP contribution in [-0.4, -0.2) is 56.1 Å². The van der Waals surface area contributed by atoms with Gasteiger partial charge in [-0.25, -0.2) is 12.8 Å². The molecule has 0 bridgehead atoms. The van der Waals surface area contributed by atoms with Crippen LogP contribution in [0.4, 0.5) is 10.1 Å². The number of anilines is 1. The minimum absolute atomic E-state index is 0.252. The summed E-state index contributed by atoms with van der Waals surface area (Å²) in [5.74, 6) is -3.52. The highest BCUT2D eigenvalue weighted by molar-refractivity contribution is 7.92. The number of fused-ring (bicyclic) bond motifs is 2. The van der Waals surface area contributed by atoms with E-state index in [-0.39, 0.29) is 4.80 Å². The third-order valence-corrected chi connectivity index (χ3v) is 8.04. The highest BCUT2D eigenvalue weighted by atomic mass is 32.2. The van der Waals surface area contributed by atoms with Gasteiger partial charge in [-0.05, 0) is 49.6 Å². The van der Waals surface area contributed by atoms with E-state index in [0.717, 1.165) is 29.7 Å². The number of carbonyl (C=O) groups excluding carboxylic acids is 2. The predicted octanol–water partition coefficient (Wildman–Crippen LogP) is 2.70. The third kappa shape index (κ3) is 6.03. The Bertz CT molecular complexity index is 1430. The number of thiazole rings is 1. The van der Waals surface area contributed by atoms with Gasteiger partial charge in [0.1, 0.15) is 17.3 Å². The van der Waals surface area contributed by atoms with Crippen molar-refractivity contribution in [1.82, 2.24) is 4.57 Å². The number of sulfone groups is 1. The molecule has 1 aromatic heterocycles. The normalized spacial score (nSPS) is 14.3. The van der Waals surface area contributed by atoms with E-state index in [2.05, 4.69) is 4.99 Å². The summed E-state index contributed by atoms with van der Waals surface area (Å²) in [7, 11) is -4.05. The fourth-order valence-corrected chi connectivity index (χ4v) is 6.26. The number of ether oxygens (including phenoxy) is 1. The number of hydrogen-bond donors (Lipinski definition) is 0. The molecule has 0 atom stereocenters. The number of aryl methyl sites for hydroxylation is 1. The third-order valence-electron chi connectivity index (χ3n) is 5.63. The lowest BCUT2D eigenvalue weighted by atomic mass is 10.0. The molecule has 35 heavy (non-hydrogen) atoms. The van der Waals surface area contributed by atoms with Crippen molar-refractivity contribution in [2.75, 3.05) is 36.2 Å². The number of aromatic nitrogens is 1. The van der Waals surface area contributed by atoms with Crippen LogP contribution in [0.2, 0.25) is 0 Å². The standard InChI is InChI=1S/C24H26FN3O5S2/c1-2-33-13-12-28-20-10-9-18(25)14-21(20)34-24(28)26-22(29)15-35(31,32)16-23(30)27-11-5-7-17-6-3-4-8-19(17)27/h3-4,6,8-10,14H,2,5,7,11-13,15-16H2,1H3. The summed E-state index contributed by atoms with van der Waals surface area (Å²) in [6, 6.07) is 11.6. The first-order valence-electron chi connectivity index (χ1n) is 11.3. The van der Waals surface area contributed by atoms with E-state index in [1.807, 2.05) is 19.1 Å². The Hall–Kier alpha value is -2.89. The van der Waals surface area contributed by atoms with Crippen LogP contribution in [-0.2, 0) is 37.1 Å². The molecule has 3 aromatic rings. The van der Waals surface area contributed by atoms with E-state index in [1.165, 1.54) is 17.0 Å². The zero-order valence-electron chi connectivity index (χ0n) is 19.3. The Kier molecular flexibility index (Phi) is 7.78. The summed E-state index contributed by atoms with van der Waals surface area (Å²) in [6.07, 6.45) is 1.57. The zero-order valence-corrected chi connectivity index (χ0v) is 20.9. The Labute approximate surface area is 206 Å². The molecule has 8 nitrogen and oxygen atoms in total. The SMILES string of the molecule is CCOCCn1c(=NC(=O)CS(=O)(=O)CC(=O)N2CCCc3ccccc32)sc2cc(F)ccc21. The van der Waals surface area contributed by atoms with Crippen LogP contribution in [0.5, 0.6) is 0 Å². The van der Waals surface area contributed by atoms with Crippen LogP contribution >= 0.6 is 11.3 Å². The van der Waals surface area contributed by atoms with Crippen molar-refractivity contribution in [3.05, 3.63) is 58.6 Å². The predicted molar refractivity (Wildman–Crippen MR) is 133 cm³/mol. The average molecular weight is 520 g/mol. The van der Waals surface area contributed by atoms with Gasteiger partial charge in [-0.3, -0.25) is 9.59 Å². The van der Waals surface area contributed by atoms with Crippen LogP contribution in [0.3, 0.4) is 0 Å². The molecule has 0 unspecified atom stereocenters. The summed E-state index contributed by atoms with van der Waals surface area (Å²) in [5, 5.41) is 0. The van der Waals surface area contributed by atoms with Gasteiger partial charge < -0.3 is 14.2 Å². The molecule has 0 saturated heterocycles. The molecule has 2 amide bonds. The molecule has 1 aliphatic rings. The fraction of sp³-hybridized carbons (Fsp3) is 0.375. The zero-order chi connectivity index (χ0) is 25.0. The average Bonchev–Trinajstić information content (AvgIpc) is 3.13. The molecular formula is C24H26FN3O5S2. The van der Waals surface area contributed by atoms with Gasteiger partial charge in [0, 0.05) is 25.4 Å². The molecule has 11 heteroatoms. The second-order valence-electron chi connectivity index (χ2n) is 8.16.